The molecule has 2 N–H and O–H groups in total. The molecule has 0 aromatic carbocycles. The predicted octanol–water partition coefficient (Wildman–Crippen LogP) is 2.82. The van der Waals surface area contributed by atoms with Gasteiger partial charge in [0, 0.05) is 12.1 Å². The third kappa shape index (κ3) is 6.84. The molecular formula is C14H28N2O2. The van der Waals surface area contributed by atoms with Gasteiger partial charge in [0.1, 0.15) is 5.60 Å². The molecule has 4 nitrogen and oxygen atoms in total. The van der Waals surface area contributed by atoms with Crippen molar-refractivity contribution in [3.63, 3.8) is 0 Å². The Morgan fingerprint density at radius 1 is 1.44 bits per heavy atom. The zero-order chi connectivity index (χ0) is 13.6. The van der Waals surface area contributed by atoms with Crippen LogP contribution < -0.4 is 10.6 Å². The van der Waals surface area contributed by atoms with Gasteiger partial charge < -0.3 is 15.4 Å². The monoisotopic (exact) mass is 256 g/mol. The maximum absolute atomic E-state index is 11.6. The molecule has 1 fully saturated rings. The van der Waals surface area contributed by atoms with Gasteiger partial charge in [-0.15, -0.1) is 0 Å². The van der Waals surface area contributed by atoms with Crippen molar-refractivity contribution >= 4 is 6.09 Å². The first-order valence-corrected chi connectivity index (χ1v) is 7.10. The Kier molecular flexibility index (Phi) is 5.93. The highest BCUT2D eigenvalue weighted by atomic mass is 16.6. The topological polar surface area (TPSA) is 50.4 Å². The first-order valence-electron chi connectivity index (χ1n) is 7.10. The van der Waals surface area contributed by atoms with E-state index in [1.807, 2.05) is 27.7 Å². The van der Waals surface area contributed by atoms with Crippen molar-refractivity contribution in [2.45, 2.75) is 77.5 Å². The second-order valence-corrected chi connectivity index (χ2v) is 6.27. The van der Waals surface area contributed by atoms with Crippen LogP contribution in [0.1, 0.15) is 59.8 Å². The minimum atomic E-state index is -0.422. The molecule has 0 bridgehead atoms. The molecule has 18 heavy (non-hydrogen) atoms. The second kappa shape index (κ2) is 6.98. The number of hydrogen-bond donors (Lipinski definition) is 2. The zero-order valence-electron chi connectivity index (χ0n) is 12.2. The van der Waals surface area contributed by atoms with Gasteiger partial charge in [0.05, 0.1) is 0 Å². The molecule has 0 radical (unpaired) electrons. The third-order valence-corrected chi connectivity index (χ3v) is 3.12. The SMILES string of the molecule is CC(CCC1CCCCN1)NC(=O)OC(C)(C)C. The van der Waals surface area contributed by atoms with E-state index >= 15 is 0 Å². The summed E-state index contributed by atoms with van der Waals surface area (Å²) in [5, 5.41) is 6.41. The summed E-state index contributed by atoms with van der Waals surface area (Å²) < 4.78 is 5.23. The highest BCUT2D eigenvalue weighted by molar-refractivity contribution is 5.67. The van der Waals surface area contributed by atoms with Gasteiger partial charge in [0.2, 0.25) is 0 Å². The van der Waals surface area contributed by atoms with Crippen molar-refractivity contribution in [1.29, 1.82) is 0 Å². The Morgan fingerprint density at radius 3 is 2.72 bits per heavy atom. The molecular weight excluding hydrogens is 228 g/mol. The van der Waals surface area contributed by atoms with Gasteiger partial charge in [-0.25, -0.2) is 4.79 Å². The van der Waals surface area contributed by atoms with Gasteiger partial charge in [-0.1, -0.05) is 6.42 Å². The molecule has 0 aliphatic carbocycles. The van der Waals surface area contributed by atoms with Crippen molar-refractivity contribution < 1.29 is 9.53 Å². The van der Waals surface area contributed by atoms with E-state index in [4.69, 9.17) is 4.74 Å². The van der Waals surface area contributed by atoms with E-state index in [9.17, 15) is 4.79 Å². The molecule has 1 amide bonds. The van der Waals surface area contributed by atoms with Gasteiger partial charge in [0.15, 0.2) is 0 Å². The number of ether oxygens (including phenoxy) is 1. The number of hydrogen-bond acceptors (Lipinski definition) is 3. The van der Waals surface area contributed by atoms with Crippen LogP contribution in [0.5, 0.6) is 0 Å². The average Bonchev–Trinajstić information content (AvgIpc) is 2.25. The summed E-state index contributed by atoms with van der Waals surface area (Å²) in [6, 6.07) is 0.796. The zero-order valence-corrected chi connectivity index (χ0v) is 12.2. The van der Waals surface area contributed by atoms with Crippen molar-refractivity contribution in [2.75, 3.05) is 6.54 Å². The summed E-state index contributed by atoms with van der Waals surface area (Å²) >= 11 is 0. The van der Waals surface area contributed by atoms with Crippen molar-refractivity contribution in [3.8, 4) is 0 Å². The second-order valence-electron chi connectivity index (χ2n) is 6.27. The smallest absolute Gasteiger partial charge is 0.407 e. The molecule has 1 heterocycles. The fraction of sp³-hybridized carbons (Fsp3) is 0.929. The van der Waals surface area contributed by atoms with Crippen LogP contribution in [0.15, 0.2) is 0 Å². The van der Waals surface area contributed by atoms with E-state index in [2.05, 4.69) is 10.6 Å². The van der Waals surface area contributed by atoms with E-state index < -0.39 is 5.60 Å². The van der Waals surface area contributed by atoms with Crippen molar-refractivity contribution in [2.24, 2.45) is 0 Å². The first-order chi connectivity index (χ1) is 8.37. The number of amides is 1. The maximum Gasteiger partial charge on any atom is 0.407 e. The number of carbonyl (C=O) groups excluding carboxylic acids is 1. The Morgan fingerprint density at radius 2 is 2.17 bits per heavy atom. The molecule has 0 saturated carbocycles. The number of carbonyl (C=O) groups is 1. The van der Waals surface area contributed by atoms with E-state index in [0.717, 1.165) is 19.4 Å². The summed E-state index contributed by atoms with van der Waals surface area (Å²) in [5.74, 6) is 0. The Balaban J connectivity index is 2.16. The summed E-state index contributed by atoms with van der Waals surface area (Å²) in [4.78, 5) is 11.6. The van der Waals surface area contributed by atoms with Crippen LogP contribution in [0.2, 0.25) is 0 Å². The lowest BCUT2D eigenvalue weighted by Crippen LogP contribution is -2.39. The number of piperidine rings is 1. The van der Waals surface area contributed by atoms with Gasteiger partial charge in [-0.2, -0.15) is 0 Å². The first kappa shape index (κ1) is 15.3. The lowest BCUT2D eigenvalue weighted by molar-refractivity contribution is 0.0505. The van der Waals surface area contributed by atoms with Crippen LogP contribution in [0, 0.1) is 0 Å². The van der Waals surface area contributed by atoms with Gasteiger partial charge in [-0.05, 0) is 59.9 Å². The molecule has 1 aliphatic rings. The number of rotatable bonds is 4. The molecule has 1 aliphatic heterocycles. The lowest BCUT2D eigenvalue weighted by atomic mass is 9.99. The fourth-order valence-electron chi connectivity index (χ4n) is 2.20. The quantitative estimate of drug-likeness (QED) is 0.813. The van der Waals surface area contributed by atoms with Crippen LogP contribution in [0.4, 0.5) is 4.79 Å². The highest BCUT2D eigenvalue weighted by Gasteiger charge is 2.18. The Hall–Kier alpha value is -0.770. The average molecular weight is 256 g/mol. The predicted molar refractivity (Wildman–Crippen MR) is 73.7 cm³/mol. The molecule has 2 atom stereocenters. The van der Waals surface area contributed by atoms with E-state index in [1.165, 1.54) is 19.3 Å². The lowest BCUT2D eigenvalue weighted by Gasteiger charge is -2.25. The van der Waals surface area contributed by atoms with Gasteiger partial charge in [-0.3, -0.25) is 0 Å². The molecule has 1 rings (SSSR count). The minimum absolute atomic E-state index is 0.170. The van der Waals surface area contributed by atoms with Crippen LogP contribution >= 0.6 is 0 Å². The van der Waals surface area contributed by atoms with Crippen LogP contribution in [0.3, 0.4) is 0 Å². The normalized spacial score (nSPS) is 22.3. The summed E-state index contributed by atoms with van der Waals surface area (Å²) in [5.41, 5.74) is -0.422. The van der Waals surface area contributed by atoms with Crippen LogP contribution in [-0.4, -0.2) is 30.3 Å². The fourth-order valence-corrected chi connectivity index (χ4v) is 2.20. The largest absolute Gasteiger partial charge is 0.444 e. The highest BCUT2D eigenvalue weighted by Crippen LogP contribution is 2.13. The minimum Gasteiger partial charge on any atom is -0.444 e. The Labute approximate surface area is 111 Å². The molecule has 0 aromatic heterocycles. The van der Waals surface area contributed by atoms with Gasteiger partial charge >= 0.3 is 6.09 Å². The molecule has 0 aromatic rings. The molecule has 4 heteroatoms. The van der Waals surface area contributed by atoms with E-state index in [0.29, 0.717) is 6.04 Å². The van der Waals surface area contributed by atoms with Gasteiger partial charge in [0.25, 0.3) is 0 Å². The van der Waals surface area contributed by atoms with Crippen molar-refractivity contribution in [3.05, 3.63) is 0 Å². The summed E-state index contributed by atoms with van der Waals surface area (Å²) in [7, 11) is 0. The van der Waals surface area contributed by atoms with Crippen LogP contribution in [-0.2, 0) is 4.74 Å². The molecule has 0 spiro atoms. The maximum atomic E-state index is 11.6. The third-order valence-electron chi connectivity index (χ3n) is 3.12. The Bertz CT molecular complexity index is 255. The van der Waals surface area contributed by atoms with Crippen molar-refractivity contribution in [1.82, 2.24) is 10.6 Å². The number of alkyl carbamates (subject to hydrolysis) is 1. The summed E-state index contributed by atoms with van der Waals surface area (Å²) in [6.45, 7) is 8.81. The van der Waals surface area contributed by atoms with E-state index in [-0.39, 0.29) is 12.1 Å². The molecule has 2 unspecified atom stereocenters. The standard InChI is InChI=1S/C14H28N2O2/c1-11(16-13(17)18-14(2,3)4)8-9-12-7-5-6-10-15-12/h11-12,15H,5-10H2,1-4H3,(H,16,17). The van der Waals surface area contributed by atoms with Crippen LogP contribution in [0.25, 0.3) is 0 Å². The molecule has 106 valence electrons. The molecule has 1 saturated heterocycles. The summed E-state index contributed by atoms with van der Waals surface area (Å²) in [6.07, 6.45) is 5.69. The van der Waals surface area contributed by atoms with E-state index in [1.54, 1.807) is 0 Å². The number of nitrogens with one attached hydrogen (secondary N) is 2.